The Morgan fingerprint density at radius 1 is 1.36 bits per heavy atom. The molecule has 0 saturated heterocycles. The zero-order valence-electron chi connectivity index (χ0n) is 13.7. The summed E-state index contributed by atoms with van der Waals surface area (Å²) in [6.45, 7) is 2.00. The van der Waals surface area contributed by atoms with Crippen LogP contribution in [-0.2, 0) is 0 Å². The molecule has 0 bridgehead atoms. The second-order valence-corrected chi connectivity index (χ2v) is 6.26. The second kappa shape index (κ2) is 6.18. The summed E-state index contributed by atoms with van der Waals surface area (Å²) >= 11 is 0. The summed E-state index contributed by atoms with van der Waals surface area (Å²) in [5, 5.41) is 17.1. The molecule has 2 N–H and O–H groups in total. The van der Waals surface area contributed by atoms with Crippen LogP contribution in [0.1, 0.15) is 28.5 Å². The van der Waals surface area contributed by atoms with Gasteiger partial charge in [0, 0.05) is 18.0 Å². The number of rotatable bonds is 4. The Labute approximate surface area is 144 Å². The lowest BCUT2D eigenvalue weighted by atomic mass is 9.83. The van der Waals surface area contributed by atoms with Crippen molar-refractivity contribution >= 4 is 5.91 Å². The van der Waals surface area contributed by atoms with Gasteiger partial charge in [-0.25, -0.2) is 4.98 Å². The van der Waals surface area contributed by atoms with E-state index in [9.17, 15) is 9.90 Å². The van der Waals surface area contributed by atoms with E-state index in [2.05, 4.69) is 15.4 Å². The lowest BCUT2D eigenvalue weighted by Crippen LogP contribution is -2.56. The van der Waals surface area contributed by atoms with Crippen LogP contribution in [0.3, 0.4) is 0 Å². The second-order valence-electron chi connectivity index (χ2n) is 6.26. The summed E-state index contributed by atoms with van der Waals surface area (Å²) < 4.78 is 7.10. The first-order valence-corrected chi connectivity index (χ1v) is 8.12. The standard InChI is InChI=1S/C18H18N4O3/c1-11-3-5-12(6-4-11)17-15(19-10-25-17)18(24)21-13-9-14(23)16(13)22-8-2-7-20-22/h2-8,10,13-14,16,23H,9H2,1H3,(H,21,24)/t13-,14+,16+/m0/s1. The van der Waals surface area contributed by atoms with Crippen molar-refractivity contribution < 1.29 is 14.3 Å². The first kappa shape index (κ1) is 15.6. The molecule has 1 aliphatic rings. The average Bonchev–Trinajstić information content (AvgIpc) is 3.26. The van der Waals surface area contributed by atoms with Gasteiger partial charge in [0.25, 0.3) is 5.91 Å². The molecule has 128 valence electrons. The Balaban J connectivity index is 1.53. The van der Waals surface area contributed by atoms with Crippen molar-refractivity contribution in [2.24, 2.45) is 0 Å². The number of aromatic nitrogens is 3. The van der Waals surface area contributed by atoms with Gasteiger partial charge in [-0.1, -0.05) is 29.8 Å². The van der Waals surface area contributed by atoms with Crippen LogP contribution in [0.25, 0.3) is 11.3 Å². The molecule has 3 aromatic rings. The first-order chi connectivity index (χ1) is 12.1. The molecule has 7 heteroatoms. The van der Waals surface area contributed by atoms with Crippen LogP contribution in [0.4, 0.5) is 0 Å². The van der Waals surface area contributed by atoms with E-state index in [4.69, 9.17) is 4.42 Å². The van der Waals surface area contributed by atoms with E-state index >= 15 is 0 Å². The monoisotopic (exact) mass is 338 g/mol. The zero-order valence-corrected chi connectivity index (χ0v) is 13.7. The number of aryl methyl sites for hydroxylation is 1. The maximum absolute atomic E-state index is 12.6. The van der Waals surface area contributed by atoms with Crippen LogP contribution >= 0.6 is 0 Å². The number of nitrogens with zero attached hydrogens (tertiary/aromatic N) is 3. The third-order valence-corrected chi connectivity index (χ3v) is 4.54. The highest BCUT2D eigenvalue weighted by atomic mass is 16.3. The molecule has 0 unspecified atom stereocenters. The number of carbonyl (C=O) groups excluding carboxylic acids is 1. The van der Waals surface area contributed by atoms with Crippen molar-refractivity contribution in [1.29, 1.82) is 0 Å². The molecule has 0 aliphatic heterocycles. The molecule has 1 saturated carbocycles. The van der Waals surface area contributed by atoms with Gasteiger partial charge in [0.05, 0.1) is 18.2 Å². The molecule has 3 atom stereocenters. The predicted octanol–water partition coefficient (Wildman–Crippen LogP) is 1.95. The van der Waals surface area contributed by atoms with E-state index in [-0.39, 0.29) is 23.7 Å². The van der Waals surface area contributed by atoms with Crippen molar-refractivity contribution in [2.45, 2.75) is 31.5 Å². The molecule has 2 aromatic heterocycles. The minimum atomic E-state index is -0.529. The Morgan fingerprint density at radius 2 is 2.16 bits per heavy atom. The molecule has 1 amide bonds. The van der Waals surface area contributed by atoms with Crippen LogP contribution in [0.2, 0.25) is 0 Å². The highest BCUT2D eigenvalue weighted by Crippen LogP contribution is 2.33. The lowest BCUT2D eigenvalue weighted by Gasteiger charge is -2.41. The number of hydrogen-bond acceptors (Lipinski definition) is 5. The molecule has 2 heterocycles. The van der Waals surface area contributed by atoms with Gasteiger partial charge >= 0.3 is 0 Å². The molecular weight excluding hydrogens is 320 g/mol. The average molecular weight is 338 g/mol. The van der Waals surface area contributed by atoms with Crippen LogP contribution in [-0.4, -0.2) is 37.9 Å². The van der Waals surface area contributed by atoms with Gasteiger partial charge in [-0.2, -0.15) is 5.10 Å². The first-order valence-electron chi connectivity index (χ1n) is 8.12. The van der Waals surface area contributed by atoms with Gasteiger partial charge < -0.3 is 14.8 Å². The number of aliphatic hydroxyl groups is 1. The minimum absolute atomic E-state index is 0.204. The molecule has 0 spiro atoms. The van der Waals surface area contributed by atoms with Gasteiger partial charge in [0.1, 0.15) is 0 Å². The molecule has 25 heavy (non-hydrogen) atoms. The van der Waals surface area contributed by atoms with Crippen molar-refractivity contribution in [3.63, 3.8) is 0 Å². The van der Waals surface area contributed by atoms with Crippen molar-refractivity contribution in [3.8, 4) is 11.3 Å². The molecule has 0 radical (unpaired) electrons. The van der Waals surface area contributed by atoms with Gasteiger partial charge in [-0.15, -0.1) is 0 Å². The zero-order chi connectivity index (χ0) is 17.4. The maximum atomic E-state index is 12.6. The highest BCUT2D eigenvalue weighted by molar-refractivity contribution is 5.97. The minimum Gasteiger partial charge on any atom is -0.443 e. The Kier molecular flexibility index (Phi) is 3.85. The van der Waals surface area contributed by atoms with Crippen molar-refractivity contribution in [3.05, 3.63) is 60.4 Å². The van der Waals surface area contributed by atoms with Gasteiger partial charge in [0.2, 0.25) is 0 Å². The Bertz CT molecular complexity index is 870. The molecule has 4 rings (SSSR count). The largest absolute Gasteiger partial charge is 0.443 e. The number of amides is 1. The summed E-state index contributed by atoms with van der Waals surface area (Å²) in [6.07, 6.45) is 4.65. The molecule has 1 aliphatic carbocycles. The fraction of sp³-hybridized carbons (Fsp3) is 0.278. The third kappa shape index (κ3) is 2.83. The summed E-state index contributed by atoms with van der Waals surface area (Å²) in [5.74, 6) is 0.117. The van der Waals surface area contributed by atoms with E-state index in [0.29, 0.717) is 12.2 Å². The normalized spacial score (nSPS) is 22.4. The van der Waals surface area contributed by atoms with E-state index in [1.165, 1.54) is 6.39 Å². The fourth-order valence-corrected chi connectivity index (χ4v) is 3.13. The Hall–Kier alpha value is -2.93. The molecule has 1 fully saturated rings. The van der Waals surface area contributed by atoms with Crippen molar-refractivity contribution in [2.75, 3.05) is 0 Å². The molecule has 1 aromatic carbocycles. The van der Waals surface area contributed by atoms with Crippen molar-refractivity contribution in [1.82, 2.24) is 20.1 Å². The summed E-state index contributed by atoms with van der Waals surface area (Å²) in [6, 6.07) is 9.01. The van der Waals surface area contributed by atoms with Crippen LogP contribution in [0.15, 0.2) is 53.5 Å². The number of benzene rings is 1. The number of hydrogen-bond donors (Lipinski definition) is 2. The Morgan fingerprint density at radius 3 is 2.84 bits per heavy atom. The highest BCUT2D eigenvalue weighted by Gasteiger charge is 2.43. The third-order valence-electron chi connectivity index (χ3n) is 4.54. The number of aliphatic hydroxyl groups excluding tert-OH is 1. The summed E-state index contributed by atoms with van der Waals surface area (Å²) in [5.41, 5.74) is 2.16. The van der Waals surface area contributed by atoms with Crippen LogP contribution < -0.4 is 5.32 Å². The number of carbonyl (C=O) groups is 1. The van der Waals surface area contributed by atoms with E-state index in [1.807, 2.05) is 31.2 Å². The summed E-state index contributed by atoms with van der Waals surface area (Å²) in [4.78, 5) is 16.7. The van der Waals surface area contributed by atoms with Crippen LogP contribution in [0.5, 0.6) is 0 Å². The summed E-state index contributed by atoms with van der Waals surface area (Å²) in [7, 11) is 0. The maximum Gasteiger partial charge on any atom is 0.274 e. The molecular formula is C18H18N4O3. The van der Waals surface area contributed by atoms with Gasteiger partial charge in [-0.3, -0.25) is 9.48 Å². The van der Waals surface area contributed by atoms with E-state index < -0.39 is 6.10 Å². The SMILES string of the molecule is Cc1ccc(-c2ocnc2C(=O)N[C@H]2C[C@@H](O)[C@@H]2n2cccn2)cc1. The topological polar surface area (TPSA) is 93.2 Å². The molecule has 7 nitrogen and oxygen atoms in total. The van der Waals surface area contributed by atoms with E-state index in [1.54, 1.807) is 23.1 Å². The van der Waals surface area contributed by atoms with Crippen LogP contribution in [0, 0.1) is 6.92 Å². The smallest absolute Gasteiger partial charge is 0.274 e. The number of nitrogens with one attached hydrogen (secondary N) is 1. The fourth-order valence-electron chi connectivity index (χ4n) is 3.13. The van der Waals surface area contributed by atoms with Gasteiger partial charge in [0.15, 0.2) is 17.8 Å². The van der Waals surface area contributed by atoms with Gasteiger partial charge in [-0.05, 0) is 19.4 Å². The number of oxazole rings is 1. The quantitative estimate of drug-likeness (QED) is 0.758. The predicted molar refractivity (Wildman–Crippen MR) is 89.8 cm³/mol. The van der Waals surface area contributed by atoms with E-state index in [0.717, 1.165) is 11.1 Å². The lowest BCUT2D eigenvalue weighted by molar-refractivity contribution is -0.00594.